The zero-order chi connectivity index (χ0) is 27.9. The number of aromatic amines is 1. The molecule has 2 aromatic heterocycles. The maximum absolute atomic E-state index is 12.6. The van der Waals surface area contributed by atoms with Crippen LogP contribution >= 0.6 is 0 Å². The number of anilines is 1. The van der Waals surface area contributed by atoms with Gasteiger partial charge in [-0.25, -0.2) is 4.98 Å². The molecule has 208 valence electrons. The third kappa shape index (κ3) is 6.79. The minimum Gasteiger partial charge on any atom is -0.457 e. The van der Waals surface area contributed by atoms with Crippen LogP contribution < -0.4 is 14.8 Å². The topological polar surface area (TPSA) is 95.6 Å². The van der Waals surface area contributed by atoms with Gasteiger partial charge in [0, 0.05) is 50.1 Å². The average Bonchev–Trinajstić information content (AvgIpc) is 3.37. The first kappa shape index (κ1) is 27.2. The zero-order valence-corrected chi connectivity index (χ0v) is 23.2. The molecule has 0 saturated heterocycles. The van der Waals surface area contributed by atoms with E-state index in [0.29, 0.717) is 28.7 Å². The number of nitrogens with zero attached hydrogens (tertiary/aromatic N) is 4. The Hall–Kier alpha value is -4.37. The number of likely N-dealkylation sites (N-methyl/N-ethyl adjacent to an activating group) is 2. The van der Waals surface area contributed by atoms with Crippen LogP contribution in [-0.2, 0) is 4.79 Å². The highest BCUT2D eigenvalue weighted by atomic mass is 16.5. The second kappa shape index (κ2) is 12.7. The van der Waals surface area contributed by atoms with Crippen LogP contribution in [0.5, 0.6) is 23.0 Å². The van der Waals surface area contributed by atoms with Gasteiger partial charge in [0.05, 0.1) is 0 Å². The normalized spacial score (nSPS) is 17.3. The third-order valence-corrected chi connectivity index (χ3v) is 7.10. The van der Waals surface area contributed by atoms with Crippen molar-refractivity contribution in [3.8, 4) is 23.0 Å². The highest BCUT2D eigenvalue weighted by molar-refractivity contribution is 5.93. The van der Waals surface area contributed by atoms with Gasteiger partial charge < -0.3 is 24.6 Å². The number of hydrogen-bond donors (Lipinski definition) is 2. The van der Waals surface area contributed by atoms with Crippen LogP contribution in [0.4, 0.5) is 5.82 Å². The van der Waals surface area contributed by atoms with E-state index in [1.165, 1.54) is 0 Å². The van der Waals surface area contributed by atoms with Crippen LogP contribution in [-0.4, -0.2) is 70.7 Å². The molecule has 1 amide bonds. The van der Waals surface area contributed by atoms with Crippen LogP contribution in [0.25, 0.3) is 11.0 Å². The molecule has 2 heterocycles. The quantitative estimate of drug-likeness (QED) is 0.244. The number of fused-ring (bicyclic) bond motifs is 1. The van der Waals surface area contributed by atoms with Gasteiger partial charge in [-0.2, -0.15) is 5.10 Å². The smallest absolute Gasteiger partial charge is 0.246 e. The van der Waals surface area contributed by atoms with Gasteiger partial charge in [0.1, 0.15) is 28.4 Å². The molecule has 40 heavy (non-hydrogen) atoms. The van der Waals surface area contributed by atoms with Gasteiger partial charge in [0.15, 0.2) is 11.5 Å². The summed E-state index contributed by atoms with van der Waals surface area (Å²) in [6.07, 6.45) is 9.03. The molecule has 0 aliphatic heterocycles. The fourth-order valence-electron chi connectivity index (χ4n) is 4.93. The minimum atomic E-state index is 0.0580. The van der Waals surface area contributed by atoms with Crippen LogP contribution in [0.3, 0.4) is 0 Å². The number of benzene rings is 2. The van der Waals surface area contributed by atoms with E-state index in [-0.39, 0.29) is 18.0 Å². The maximum atomic E-state index is 12.6. The molecule has 5 rings (SSSR count). The minimum absolute atomic E-state index is 0.0580. The molecule has 2 N–H and O–H groups in total. The van der Waals surface area contributed by atoms with Crippen LogP contribution in [0.15, 0.2) is 79.0 Å². The largest absolute Gasteiger partial charge is 0.457 e. The molecule has 1 aliphatic carbocycles. The molecule has 4 aromatic rings. The van der Waals surface area contributed by atoms with Gasteiger partial charge in [0.25, 0.3) is 0 Å². The van der Waals surface area contributed by atoms with Gasteiger partial charge >= 0.3 is 0 Å². The lowest BCUT2D eigenvalue weighted by Crippen LogP contribution is -2.41. The van der Waals surface area contributed by atoms with Gasteiger partial charge in [-0.3, -0.25) is 9.89 Å². The first-order valence-electron chi connectivity index (χ1n) is 13.6. The van der Waals surface area contributed by atoms with Crippen molar-refractivity contribution in [3.05, 3.63) is 79.0 Å². The number of aromatic nitrogens is 3. The standard InChI is InChI=1S/C31H36N6O3/c1-36(2)20-8-13-28(38)37(3)23-16-14-22(15-17-23)33-31-29-27(18-19-32-30(29)34-35-31)40-26-12-7-11-25(21-26)39-24-9-5-4-6-10-24/h4-13,18-19,21-23H,14-17,20H2,1-3H3,(H2,32,33,34,35)/b13-8+. The summed E-state index contributed by atoms with van der Waals surface area (Å²) in [5, 5.41) is 11.9. The van der Waals surface area contributed by atoms with E-state index in [2.05, 4.69) is 20.5 Å². The summed E-state index contributed by atoms with van der Waals surface area (Å²) in [5.74, 6) is 3.53. The molecule has 1 saturated carbocycles. The van der Waals surface area contributed by atoms with E-state index in [1.807, 2.05) is 97.7 Å². The Morgan fingerprint density at radius 1 is 0.975 bits per heavy atom. The lowest BCUT2D eigenvalue weighted by Gasteiger charge is -2.34. The number of hydrogen-bond acceptors (Lipinski definition) is 7. The summed E-state index contributed by atoms with van der Waals surface area (Å²) in [6, 6.07) is 19.5. The van der Waals surface area contributed by atoms with E-state index >= 15 is 0 Å². The zero-order valence-electron chi connectivity index (χ0n) is 23.2. The predicted molar refractivity (Wildman–Crippen MR) is 157 cm³/mol. The van der Waals surface area contributed by atoms with Gasteiger partial charge in [-0.05, 0) is 64.0 Å². The summed E-state index contributed by atoms with van der Waals surface area (Å²) in [4.78, 5) is 20.9. The van der Waals surface area contributed by atoms with Crippen molar-refractivity contribution in [1.29, 1.82) is 0 Å². The fourth-order valence-corrected chi connectivity index (χ4v) is 4.93. The summed E-state index contributed by atoms with van der Waals surface area (Å²) >= 11 is 0. The Balaban J connectivity index is 1.23. The van der Waals surface area contributed by atoms with Crippen LogP contribution in [0.2, 0.25) is 0 Å². The Labute approximate surface area is 234 Å². The molecule has 2 aromatic carbocycles. The Morgan fingerprint density at radius 2 is 1.70 bits per heavy atom. The fraction of sp³-hybridized carbons (Fsp3) is 0.323. The highest BCUT2D eigenvalue weighted by Crippen LogP contribution is 2.36. The maximum Gasteiger partial charge on any atom is 0.246 e. The van der Waals surface area contributed by atoms with Crippen molar-refractivity contribution in [1.82, 2.24) is 25.0 Å². The molecule has 0 spiro atoms. The van der Waals surface area contributed by atoms with Gasteiger partial charge in [-0.15, -0.1) is 0 Å². The van der Waals surface area contributed by atoms with E-state index in [4.69, 9.17) is 9.47 Å². The molecule has 1 fully saturated rings. The molecule has 1 aliphatic rings. The number of amides is 1. The number of rotatable bonds is 10. The van der Waals surface area contributed by atoms with Gasteiger partial charge in [0.2, 0.25) is 5.91 Å². The summed E-state index contributed by atoms with van der Waals surface area (Å²) in [7, 11) is 5.87. The summed E-state index contributed by atoms with van der Waals surface area (Å²) in [6.45, 7) is 0.751. The Bertz CT molecular complexity index is 1440. The molecule has 9 nitrogen and oxygen atoms in total. The average molecular weight is 541 g/mol. The first-order chi connectivity index (χ1) is 19.5. The monoisotopic (exact) mass is 540 g/mol. The first-order valence-corrected chi connectivity index (χ1v) is 13.6. The Kier molecular flexibility index (Phi) is 8.61. The molecular formula is C31H36N6O3. The Morgan fingerprint density at radius 3 is 2.45 bits per heavy atom. The van der Waals surface area contributed by atoms with Crippen molar-refractivity contribution in [3.63, 3.8) is 0 Å². The van der Waals surface area contributed by atoms with E-state index in [0.717, 1.165) is 43.4 Å². The highest BCUT2D eigenvalue weighted by Gasteiger charge is 2.27. The second-order valence-corrected chi connectivity index (χ2v) is 10.4. The number of ether oxygens (including phenoxy) is 2. The number of carbonyl (C=O) groups excluding carboxylic acids is 1. The number of nitrogens with one attached hydrogen (secondary N) is 2. The number of carbonyl (C=O) groups is 1. The summed E-state index contributed by atoms with van der Waals surface area (Å²) in [5.41, 5.74) is 0.653. The second-order valence-electron chi connectivity index (χ2n) is 10.4. The SMILES string of the molecule is CN(C)C/C=C/C(=O)N(C)C1CCC(Nc2n[nH]c3nccc(Oc4cccc(Oc5ccccc5)c4)c23)CC1. The molecule has 0 radical (unpaired) electrons. The van der Waals surface area contributed by atoms with Crippen molar-refractivity contribution in [2.24, 2.45) is 0 Å². The number of pyridine rings is 1. The number of para-hydroxylation sites is 1. The van der Waals surface area contributed by atoms with E-state index < -0.39 is 0 Å². The lowest BCUT2D eigenvalue weighted by atomic mass is 9.90. The molecular weight excluding hydrogens is 504 g/mol. The van der Waals surface area contributed by atoms with Crippen LogP contribution in [0.1, 0.15) is 25.7 Å². The predicted octanol–water partition coefficient (Wildman–Crippen LogP) is 5.84. The van der Waals surface area contributed by atoms with Crippen molar-refractivity contribution in [2.45, 2.75) is 37.8 Å². The third-order valence-electron chi connectivity index (χ3n) is 7.10. The molecule has 0 unspecified atom stereocenters. The van der Waals surface area contributed by atoms with E-state index in [1.54, 1.807) is 12.3 Å². The van der Waals surface area contributed by atoms with Crippen molar-refractivity contribution >= 4 is 22.8 Å². The number of H-pyrrole nitrogens is 1. The summed E-state index contributed by atoms with van der Waals surface area (Å²) < 4.78 is 12.3. The van der Waals surface area contributed by atoms with Crippen LogP contribution in [0, 0.1) is 0 Å². The molecule has 0 bridgehead atoms. The lowest BCUT2D eigenvalue weighted by molar-refractivity contribution is -0.127. The van der Waals surface area contributed by atoms with E-state index in [9.17, 15) is 4.79 Å². The van der Waals surface area contributed by atoms with Crippen molar-refractivity contribution in [2.75, 3.05) is 33.0 Å². The van der Waals surface area contributed by atoms with Crippen molar-refractivity contribution < 1.29 is 14.3 Å². The molecule has 9 heteroatoms. The molecule has 0 atom stereocenters. The van der Waals surface area contributed by atoms with Gasteiger partial charge in [-0.1, -0.05) is 30.3 Å².